The number of benzene rings is 1. The van der Waals surface area contributed by atoms with Gasteiger partial charge in [-0.25, -0.2) is 4.39 Å². The van der Waals surface area contributed by atoms with E-state index < -0.39 is 17.1 Å². The molecule has 0 fully saturated rings. The highest BCUT2D eigenvalue weighted by atomic mass is 35.5. The molecule has 0 aliphatic rings. The summed E-state index contributed by atoms with van der Waals surface area (Å²) in [4.78, 5) is 12.1. The molecule has 0 aliphatic carbocycles. The van der Waals surface area contributed by atoms with Crippen LogP contribution in [0.2, 0.25) is 5.02 Å². The van der Waals surface area contributed by atoms with Gasteiger partial charge in [-0.05, 0) is 31.5 Å². The molecule has 0 aliphatic heterocycles. The van der Waals surface area contributed by atoms with Crippen LogP contribution in [-0.2, 0) is 4.79 Å². The maximum Gasteiger partial charge on any atom is 0.238 e. The number of nitrogens with zero attached hydrogens (tertiary/aromatic N) is 1. The lowest BCUT2D eigenvalue weighted by molar-refractivity contribution is -0.121. The zero-order valence-electron chi connectivity index (χ0n) is 10.6. The smallest absolute Gasteiger partial charge is 0.238 e. The monoisotopic (exact) mass is 287 g/mol. The number of nitrogens with two attached hydrogens (primary N) is 1. The van der Waals surface area contributed by atoms with Crippen molar-refractivity contribution in [3.8, 4) is 0 Å². The minimum atomic E-state index is -1.16. The van der Waals surface area contributed by atoms with Gasteiger partial charge in [0.1, 0.15) is 11.2 Å². The number of carbonyl (C=O) groups excluding carboxylic acids is 1. The Bertz CT molecular complexity index is 522. The van der Waals surface area contributed by atoms with Crippen LogP contribution >= 0.6 is 11.6 Å². The number of nitrogens with one attached hydrogen (secondary N) is 1. The molecule has 5 nitrogen and oxygen atoms in total. The van der Waals surface area contributed by atoms with Crippen molar-refractivity contribution in [2.45, 2.75) is 20.3 Å². The highest BCUT2D eigenvalue weighted by Gasteiger charge is 2.36. The van der Waals surface area contributed by atoms with Gasteiger partial charge in [-0.3, -0.25) is 4.79 Å². The first-order valence-corrected chi connectivity index (χ1v) is 5.97. The number of anilines is 1. The topological polar surface area (TPSA) is 87.7 Å². The second-order valence-corrected chi connectivity index (χ2v) is 4.66. The SMILES string of the molecule is CCC(C)(C(=O)Nc1ccc(F)c(Cl)c1)/C(N)=N/O. The second kappa shape index (κ2) is 5.88. The van der Waals surface area contributed by atoms with Crippen molar-refractivity contribution in [3.63, 3.8) is 0 Å². The first-order chi connectivity index (χ1) is 8.85. The third-order valence-electron chi connectivity index (χ3n) is 3.06. The van der Waals surface area contributed by atoms with Gasteiger partial charge in [0.15, 0.2) is 5.84 Å². The molecule has 19 heavy (non-hydrogen) atoms. The molecule has 1 atom stereocenters. The molecule has 0 saturated heterocycles. The third-order valence-corrected chi connectivity index (χ3v) is 3.35. The zero-order chi connectivity index (χ0) is 14.6. The normalized spacial score (nSPS) is 14.8. The lowest BCUT2D eigenvalue weighted by Crippen LogP contribution is -2.44. The van der Waals surface area contributed by atoms with Crippen molar-refractivity contribution in [2.75, 3.05) is 5.32 Å². The van der Waals surface area contributed by atoms with Crippen molar-refractivity contribution >= 4 is 29.0 Å². The fourth-order valence-electron chi connectivity index (χ4n) is 1.41. The van der Waals surface area contributed by atoms with Crippen LogP contribution in [0.1, 0.15) is 20.3 Å². The molecule has 0 aromatic heterocycles. The molecule has 1 aromatic rings. The molecule has 0 bridgehead atoms. The summed E-state index contributed by atoms with van der Waals surface area (Å²) >= 11 is 5.62. The summed E-state index contributed by atoms with van der Waals surface area (Å²) in [7, 11) is 0. The van der Waals surface area contributed by atoms with Gasteiger partial charge in [0.2, 0.25) is 5.91 Å². The number of carbonyl (C=O) groups is 1. The lowest BCUT2D eigenvalue weighted by atomic mass is 9.85. The van der Waals surface area contributed by atoms with Gasteiger partial charge in [0, 0.05) is 5.69 Å². The van der Waals surface area contributed by atoms with Crippen LogP contribution in [-0.4, -0.2) is 17.0 Å². The summed E-state index contributed by atoms with van der Waals surface area (Å²) in [5.74, 6) is -1.23. The fourth-order valence-corrected chi connectivity index (χ4v) is 1.59. The van der Waals surface area contributed by atoms with Crippen LogP contribution < -0.4 is 11.1 Å². The van der Waals surface area contributed by atoms with Crippen LogP contribution in [0, 0.1) is 11.2 Å². The Morgan fingerprint density at radius 1 is 1.63 bits per heavy atom. The first kappa shape index (κ1) is 15.2. The van der Waals surface area contributed by atoms with Gasteiger partial charge >= 0.3 is 0 Å². The molecule has 0 radical (unpaired) electrons. The third kappa shape index (κ3) is 3.14. The average Bonchev–Trinajstić information content (AvgIpc) is 2.40. The quantitative estimate of drug-likeness (QED) is 0.344. The molecule has 0 heterocycles. The van der Waals surface area contributed by atoms with E-state index in [1.165, 1.54) is 12.1 Å². The van der Waals surface area contributed by atoms with E-state index in [2.05, 4.69) is 10.5 Å². The molecular weight excluding hydrogens is 273 g/mol. The highest BCUT2D eigenvalue weighted by molar-refractivity contribution is 6.31. The maximum atomic E-state index is 13.0. The van der Waals surface area contributed by atoms with E-state index in [9.17, 15) is 9.18 Å². The van der Waals surface area contributed by atoms with E-state index in [0.29, 0.717) is 12.1 Å². The highest BCUT2D eigenvalue weighted by Crippen LogP contribution is 2.25. The van der Waals surface area contributed by atoms with Crippen molar-refractivity contribution in [3.05, 3.63) is 29.0 Å². The summed E-state index contributed by atoms with van der Waals surface area (Å²) < 4.78 is 13.0. The number of rotatable bonds is 4. The van der Waals surface area contributed by atoms with Crippen molar-refractivity contribution in [1.82, 2.24) is 0 Å². The standard InChI is InChI=1S/C12H15ClFN3O2/c1-3-12(2,10(15)17-19)11(18)16-7-4-5-9(14)8(13)6-7/h4-6,19H,3H2,1-2H3,(H2,15,17)(H,16,18). The van der Waals surface area contributed by atoms with E-state index in [1.807, 2.05) is 0 Å². The summed E-state index contributed by atoms with van der Waals surface area (Å²) in [5, 5.41) is 14.0. The number of oxime groups is 1. The van der Waals surface area contributed by atoms with Crippen molar-refractivity contribution in [2.24, 2.45) is 16.3 Å². The van der Waals surface area contributed by atoms with Gasteiger partial charge in [-0.15, -0.1) is 0 Å². The molecule has 1 amide bonds. The maximum absolute atomic E-state index is 13.0. The lowest BCUT2D eigenvalue weighted by Gasteiger charge is -2.25. The van der Waals surface area contributed by atoms with E-state index in [1.54, 1.807) is 13.8 Å². The zero-order valence-corrected chi connectivity index (χ0v) is 11.3. The molecule has 1 rings (SSSR count). The molecule has 7 heteroatoms. The minimum absolute atomic E-state index is 0.0974. The molecule has 104 valence electrons. The fraction of sp³-hybridized carbons (Fsp3) is 0.333. The molecule has 0 saturated carbocycles. The molecule has 1 unspecified atom stereocenters. The van der Waals surface area contributed by atoms with Gasteiger partial charge < -0.3 is 16.3 Å². The van der Waals surface area contributed by atoms with Crippen LogP contribution in [0.5, 0.6) is 0 Å². The first-order valence-electron chi connectivity index (χ1n) is 5.59. The Morgan fingerprint density at radius 2 is 2.26 bits per heavy atom. The van der Waals surface area contributed by atoms with Crippen LogP contribution in [0.15, 0.2) is 23.4 Å². The summed E-state index contributed by atoms with van der Waals surface area (Å²) in [6.07, 6.45) is 0.337. The number of amidine groups is 1. The summed E-state index contributed by atoms with van der Waals surface area (Å²) in [6, 6.07) is 3.81. The average molecular weight is 288 g/mol. The van der Waals surface area contributed by atoms with Crippen LogP contribution in [0.4, 0.5) is 10.1 Å². The Kier molecular flexibility index (Phi) is 4.72. The van der Waals surface area contributed by atoms with E-state index in [-0.39, 0.29) is 10.9 Å². The summed E-state index contributed by atoms with van der Waals surface area (Å²) in [5.41, 5.74) is 4.70. The molecule has 0 spiro atoms. The van der Waals surface area contributed by atoms with Gasteiger partial charge in [-0.1, -0.05) is 23.7 Å². The number of halogens is 2. The summed E-state index contributed by atoms with van der Waals surface area (Å²) in [6.45, 7) is 3.28. The Labute approximate surface area is 115 Å². The number of amides is 1. The molecule has 1 aromatic carbocycles. The van der Waals surface area contributed by atoms with Crippen LogP contribution in [0.25, 0.3) is 0 Å². The van der Waals surface area contributed by atoms with Gasteiger partial charge in [0.25, 0.3) is 0 Å². The Morgan fingerprint density at radius 3 is 2.74 bits per heavy atom. The predicted octanol–water partition coefficient (Wildman–Crippen LogP) is 2.58. The van der Waals surface area contributed by atoms with Crippen LogP contribution in [0.3, 0.4) is 0 Å². The molecular formula is C12H15ClFN3O2. The van der Waals surface area contributed by atoms with Gasteiger partial charge in [0.05, 0.1) is 5.02 Å². The van der Waals surface area contributed by atoms with E-state index in [4.69, 9.17) is 22.5 Å². The van der Waals surface area contributed by atoms with E-state index in [0.717, 1.165) is 6.07 Å². The van der Waals surface area contributed by atoms with Crippen molar-refractivity contribution < 1.29 is 14.4 Å². The second-order valence-electron chi connectivity index (χ2n) is 4.25. The predicted molar refractivity (Wildman–Crippen MR) is 71.8 cm³/mol. The van der Waals surface area contributed by atoms with E-state index >= 15 is 0 Å². The Hall–Kier alpha value is -1.82. The van der Waals surface area contributed by atoms with Crippen molar-refractivity contribution in [1.29, 1.82) is 0 Å². The largest absolute Gasteiger partial charge is 0.409 e. The number of hydrogen-bond donors (Lipinski definition) is 3. The molecule has 4 N–H and O–H groups in total. The van der Waals surface area contributed by atoms with Gasteiger partial charge in [-0.2, -0.15) is 0 Å². The minimum Gasteiger partial charge on any atom is -0.409 e. The Balaban J connectivity index is 2.98. The number of hydrogen-bond acceptors (Lipinski definition) is 3.